The zero-order chi connectivity index (χ0) is 32.6. The Hall–Kier alpha value is -3.94. The molecule has 6 rings (SSSR count). The van der Waals surface area contributed by atoms with Crippen LogP contribution in [0.1, 0.15) is 63.4 Å². The molecule has 0 radical (unpaired) electrons. The quantitative estimate of drug-likeness (QED) is 0.287. The van der Waals surface area contributed by atoms with E-state index < -0.39 is 59.1 Å². The SMILES string of the molecule is O=C1N[C@]2(C(=O)O)C[C@H]2CCCCCCC[C@H](Nc2cccc(C(F)(F)F)c2)C(=O)N2C[C@H](Oc3nc4ccc(F)cc4s3)C[C@@H]12. The highest BCUT2D eigenvalue weighted by atomic mass is 32.1. The van der Waals surface area contributed by atoms with Crippen LogP contribution in [0.2, 0.25) is 0 Å². The molecule has 0 bridgehead atoms. The van der Waals surface area contributed by atoms with Crippen molar-refractivity contribution in [2.75, 3.05) is 11.9 Å². The molecule has 14 heteroatoms. The molecule has 3 N–H and O–H groups in total. The van der Waals surface area contributed by atoms with E-state index in [0.717, 1.165) is 49.2 Å². The third kappa shape index (κ3) is 6.76. The fourth-order valence-corrected chi connectivity index (χ4v) is 7.51. The Morgan fingerprint density at radius 2 is 1.85 bits per heavy atom. The van der Waals surface area contributed by atoms with Gasteiger partial charge in [0.05, 0.1) is 22.3 Å². The first-order valence-electron chi connectivity index (χ1n) is 15.5. The smallest absolute Gasteiger partial charge is 0.416 e. The van der Waals surface area contributed by atoms with Crippen LogP contribution < -0.4 is 15.4 Å². The van der Waals surface area contributed by atoms with E-state index in [1.54, 1.807) is 0 Å². The van der Waals surface area contributed by atoms with Gasteiger partial charge < -0.3 is 25.4 Å². The van der Waals surface area contributed by atoms with Gasteiger partial charge in [0.15, 0.2) is 0 Å². The number of thiazole rings is 1. The zero-order valence-electron chi connectivity index (χ0n) is 24.8. The van der Waals surface area contributed by atoms with Crippen LogP contribution in [0.4, 0.5) is 23.2 Å². The van der Waals surface area contributed by atoms with Gasteiger partial charge in [0.25, 0.3) is 5.19 Å². The molecule has 5 atom stereocenters. The van der Waals surface area contributed by atoms with Gasteiger partial charge in [-0.25, -0.2) is 14.2 Å². The summed E-state index contributed by atoms with van der Waals surface area (Å²) in [5.41, 5.74) is -1.62. The van der Waals surface area contributed by atoms with E-state index in [1.807, 2.05) is 0 Å². The van der Waals surface area contributed by atoms with Gasteiger partial charge in [-0.2, -0.15) is 13.2 Å². The molecule has 1 saturated carbocycles. The third-order valence-corrected chi connectivity index (χ3v) is 10.1. The Labute approximate surface area is 266 Å². The molecule has 2 saturated heterocycles. The number of aromatic nitrogens is 1. The number of carboxylic acid groups (broad SMARTS) is 1. The molecule has 9 nitrogen and oxygen atoms in total. The molecule has 1 aromatic heterocycles. The van der Waals surface area contributed by atoms with E-state index in [4.69, 9.17) is 4.74 Å². The second kappa shape index (κ2) is 12.7. The maximum absolute atomic E-state index is 14.2. The van der Waals surface area contributed by atoms with Crippen molar-refractivity contribution in [3.63, 3.8) is 0 Å². The first-order chi connectivity index (χ1) is 21.9. The number of fused-ring (bicyclic) bond motifs is 3. The Kier molecular flexibility index (Phi) is 8.83. The fourth-order valence-electron chi connectivity index (χ4n) is 6.61. The number of hydrogen-bond donors (Lipinski definition) is 3. The molecular formula is C32H34F4N4O5S. The number of benzene rings is 2. The van der Waals surface area contributed by atoms with Crippen LogP contribution in [0.25, 0.3) is 10.2 Å². The van der Waals surface area contributed by atoms with Crippen LogP contribution in [0.15, 0.2) is 42.5 Å². The molecule has 3 aliphatic rings. The minimum atomic E-state index is -4.57. The molecule has 46 heavy (non-hydrogen) atoms. The molecule has 3 fully saturated rings. The number of carbonyl (C=O) groups excluding carboxylic acids is 2. The number of nitrogens with one attached hydrogen (secondary N) is 2. The van der Waals surface area contributed by atoms with Gasteiger partial charge in [0.2, 0.25) is 11.8 Å². The summed E-state index contributed by atoms with van der Waals surface area (Å²) in [5.74, 6) is -2.88. The minimum Gasteiger partial charge on any atom is -0.479 e. The van der Waals surface area contributed by atoms with Crippen molar-refractivity contribution in [3.05, 3.63) is 53.8 Å². The lowest BCUT2D eigenvalue weighted by molar-refractivity contribution is -0.145. The number of ether oxygens (including phenoxy) is 1. The minimum absolute atomic E-state index is 0.0362. The van der Waals surface area contributed by atoms with E-state index in [2.05, 4.69) is 15.6 Å². The Morgan fingerprint density at radius 3 is 2.61 bits per heavy atom. The number of hydrogen-bond acceptors (Lipinski definition) is 7. The van der Waals surface area contributed by atoms with Crippen molar-refractivity contribution < 1.29 is 41.8 Å². The van der Waals surface area contributed by atoms with Crippen LogP contribution >= 0.6 is 11.3 Å². The Bertz CT molecular complexity index is 1630. The van der Waals surface area contributed by atoms with Crippen molar-refractivity contribution in [1.82, 2.24) is 15.2 Å². The highest BCUT2D eigenvalue weighted by molar-refractivity contribution is 7.20. The first kappa shape index (κ1) is 32.0. The molecule has 3 heterocycles. The van der Waals surface area contributed by atoms with Gasteiger partial charge >= 0.3 is 12.1 Å². The van der Waals surface area contributed by atoms with Crippen molar-refractivity contribution in [2.24, 2.45) is 5.92 Å². The number of alkyl halides is 3. The topological polar surface area (TPSA) is 121 Å². The van der Waals surface area contributed by atoms with Crippen LogP contribution in [0.3, 0.4) is 0 Å². The van der Waals surface area contributed by atoms with Crippen molar-refractivity contribution in [1.29, 1.82) is 0 Å². The maximum atomic E-state index is 14.2. The van der Waals surface area contributed by atoms with E-state index in [-0.39, 0.29) is 29.8 Å². The Morgan fingerprint density at radius 1 is 1.09 bits per heavy atom. The summed E-state index contributed by atoms with van der Waals surface area (Å²) >= 11 is 1.12. The van der Waals surface area contributed by atoms with Gasteiger partial charge in [-0.3, -0.25) is 9.59 Å². The van der Waals surface area contributed by atoms with Crippen molar-refractivity contribution in [3.8, 4) is 5.19 Å². The van der Waals surface area contributed by atoms with Crippen LogP contribution in [-0.4, -0.2) is 63.0 Å². The average Bonchev–Trinajstić information content (AvgIpc) is 3.32. The predicted octanol–water partition coefficient (Wildman–Crippen LogP) is 5.99. The summed E-state index contributed by atoms with van der Waals surface area (Å²) in [5, 5.41) is 16.0. The number of halogens is 4. The van der Waals surface area contributed by atoms with Crippen LogP contribution in [0.5, 0.6) is 5.19 Å². The van der Waals surface area contributed by atoms with Crippen LogP contribution in [-0.2, 0) is 20.6 Å². The highest BCUT2D eigenvalue weighted by Gasteiger charge is 2.62. The van der Waals surface area contributed by atoms with Crippen LogP contribution in [0, 0.1) is 11.7 Å². The lowest BCUT2D eigenvalue weighted by atomic mass is 10.0. The molecule has 0 spiro atoms. The van der Waals surface area contributed by atoms with Gasteiger partial charge in [0, 0.05) is 12.1 Å². The van der Waals surface area contributed by atoms with E-state index in [1.165, 1.54) is 35.2 Å². The number of aliphatic carboxylic acids is 1. The molecule has 3 aromatic rings. The van der Waals surface area contributed by atoms with Gasteiger partial charge in [-0.15, -0.1) is 0 Å². The monoisotopic (exact) mass is 662 g/mol. The average molecular weight is 663 g/mol. The number of amides is 2. The second-order valence-electron chi connectivity index (χ2n) is 12.4. The molecule has 1 aliphatic carbocycles. The number of carbonyl (C=O) groups is 3. The maximum Gasteiger partial charge on any atom is 0.416 e. The van der Waals surface area contributed by atoms with E-state index in [9.17, 15) is 37.1 Å². The summed E-state index contributed by atoms with van der Waals surface area (Å²) in [6, 6.07) is 6.71. The van der Waals surface area contributed by atoms with Gasteiger partial charge in [-0.05, 0) is 61.6 Å². The summed E-state index contributed by atoms with van der Waals surface area (Å²) in [6.45, 7) is -0.0362. The molecule has 2 aromatic carbocycles. The van der Waals surface area contributed by atoms with Gasteiger partial charge in [-0.1, -0.05) is 49.5 Å². The largest absolute Gasteiger partial charge is 0.479 e. The lowest BCUT2D eigenvalue weighted by Gasteiger charge is -2.30. The molecule has 246 valence electrons. The summed E-state index contributed by atoms with van der Waals surface area (Å²) < 4.78 is 60.8. The van der Waals surface area contributed by atoms with E-state index in [0.29, 0.717) is 35.9 Å². The second-order valence-corrected chi connectivity index (χ2v) is 13.4. The third-order valence-electron chi connectivity index (χ3n) is 9.15. The molecule has 2 aliphatic heterocycles. The van der Waals surface area contributed by atoms with Crippen molar-refractivity contribution in [2.45, 2.75) is 87.7 Å². The number of carboxylic acids is 1. The molecule has 2 amide bonds. The zero-order valence-corrected chi connectivity index (χ0v) is 25.6. The first-order valence-corrected chi connectivity index (χ1v) is 16.3. The molecule has 0 unspecified atom stereocenters. The number of rotatable bonds is 5. The lowest BCUT2D eigenvalue weighted by Crippen LogP contribution is -2.55. The summed E-state index contributed by atoms with van der Waals surface area (Å²) in [6.07, 6.45) is -0.0179. The van der Waals surface area contributed by atoms with Gasteiger partial charge in [0.1, 0.15) is 29.5 Å². The standard InChI is InChI=1S/C32H34F4N4O5S/c33-20-11-12-23-26(14-20)46-30(38-23)45-22-15-25-27(41)39-31(29(43)44)16-19(31)7-4-2-1-3-5-10-24(28(42)40(25)17-22)37-21-9-6-8-18(13-21)32(34,35)36/h6,8-9,11-14,19,22,24-25,37H,1-5,7,10,15-17H2,(H,39,41)(H,43,44)/t19-,22-,24+,25+,31-/m1/s1. The number of anilines is 1. The van der Waals surface area contributed by atoms with Crippen molar-refractivity contribution >= 4 is 45.0 Å². The number of nitrogens with zero attached hydrogens (tertiary/aromatic N) is 2. The summed E-state index contributed by atoms with van der Waals surface area (Å²) in [4.78, 5) is 46.1. The fraction of sp³-hybridized carbons (Fsp3) is 0.500. The Balaban J connectivity index is 1.29. The summed E-state index contributed by atoms with van der Waals surface area (Å²) in [7, 11) is 0. The predicted molar refractivity (Wildman–Crippen MR) is 162 cm³/mol. The highest BCUT2D eigenvalue weighted by Crippen LogP contribution is 2.47. The van der Waals surface area contributed by atoms with E-state index >= 15 is 0 Å². The molecular weight excluding hydrogens is 628 g/mol. The normalized spacial score (nSPS) is 27.6.